The van der Waals surface area contributed by atoms with Crippen molar-refractivity contribution >= 4 is 42.5 Å². The summed E-state index contributed by atoms with van der Waals surface area (Å²) in [5.41, 5.74) is 6.97. The molecule has 0 amide bonds. The van der Waals surface area contributed by atoms with Crippen LogP contribution >= 0.6 is 11.6 Å². The first-order valence-corrected chi connectivity index (χ1v) is 11.3. The molecule has 0 saturated carbocycles. The number of pyridine rings is 1. The SMILES string of the molecule is COC(=O)c1cc(Cl)nc2c(N)nn(COCC[Si](C)(C)C)c12. The van der Waals surface area contributed by atoms with Gasteiger partial charge >= 0.3 is 5.97 Å². The molecule has 0 unspecified atom stereocenters. The Labute approximate surface area is 140 Å². The van der Waals surface area contributed by atoms with Crippen molar-refractivity contribution in [2.24, 2.45) is 0 Å². The number of aromatic nitrogens is 3. The maximum absolute atomic E-state index is 12.0. The lowest BCUT2D eigenvalue weighted by atomic mass is 10.2. The fourth-order valence-electron chi connectivity index (χ4n) is 2.06. The van der Waals surface area contributed by atoms with Gasteiger partial charge in [0.15, 0.2) is 5.82 Å². The van der Waals surface area contributed by atoms with E-state index in [0.717, 1.165) is 6.04 Å². The number of methoxy groups -OCH3 is 1. The molecule has 0 aromatic carbocycles. The highest BCUT2D eigenvalue weighted by atomic mass is 35.5. The predicted octanol–water partition coefficient (Wildman–Crippen LogP) is 2.77. The smallest absolute Gasteiger partial charge is 0.340 e. The quantitative estimate of drug-likeness (QED) is 0.370. The minimum atomic E-state index is -1.17. The Kier molecular flexibility index (Phi) is 5.28. The molecule has 7 nitrogen and oxygen atoms in total. The van der Waals surface area contributed by atoms with E-state index in [1.54, 1.807) is 0 Å². The first kappa shape index (κ1) is 17.7. The lowest BCUT2D eigenvalue weighted by molar-refractivity contribution is 0.0599. The van der Waals surface area contributed by atoms with Crippen LogP contribution in [0.15, 0.2) is 6.07 Å². The normalized spacial score (nSPS) is 11.9. The van der Waals surface area contributed by atoms with Gasteiger partial charge in [0.1, 0.15) is 22.9 Å². The van der Waals surface area contributed by atoms with Crippen LogP contribution < -0.4 is 5.73 Å². The number of nitrogens with two attached hydrogens (primary N) is 1. The van der Waals surface area contributed by atoms with Gasteiger partial charge in [-0.2, -0.15) is 5.10 Å². The minimum Gasteiger partial charge on any atom is -0.465 e. The molecule has 0 aliphatic rings. The van der Waals surface area contributed by atoms with Crippen LogP contribution in [0.1, 0.15) is 10.4 Å². The van der Waals surface area contributed by atoms with E-state index >= 15 is 0 Å². The van der Waals surface area contributed by atoms with Crippen molar-refractivity contribution in [1.82, 2.24) is 14.8 Å². The van der Waals surface area contributed by atoms with E-state index in [4.69, 9.17) is 26.8 Å². The topological polar surface area (TPSA) is 92.3 Å². The highest BCUT2D eigenvalue weighted by Gasteiger charge is 2.20. The van der Waals surface area contributed by atoms with Gasteiger partial charge in [-0.25, -0.2) is 14.5 Å². The Morgan fingerprint density at radius 2 is 2.13 bits per heavy atom. The van der Waals surface area contributed by atoms with Gasteiger partial charge in [0.05, 0.1) is 12.7 Å². The van der Waals surface area contributed by atoms with Crippen molar-refractivity contribution in [3.8, 4) is 0 Å². The van der Waals surface area contributed by atoms with E-state index in [2.05, 4.69) is 29.7 Å². The second-order valence-electron chi connectivity index (χ2n) is 6.41. The number of ether oxygens (including phenoxy) is 2. The van der Waals surface area contributed by atoms with Crippen molar-refractivity contribution in [1.29, 1.82) is 0 Å². The third-order valence-electron chi connectivity index (χ3n) is 3.31. The number of hydrogen-bond donors (Lipinski definition) is 1. The molecule has 2 heterocycles. The van der Waals surface area contributed by atoms with Crippen molar-refractivity contribution in [3.63, 3.8) is 0 Å². The van der Waals surface area contributed by atoms with Crippen LogP contribution in [0.2, 0.25) is 30.8 Å². The maximum atomic E-state index is 12.0. The number of hydrogen-bond acceptors (Lipinski definition) is 6. The summed E-state index contributed by atoms with van der Waals surface area (Å²) in [4.78, 5) is 16.1. The molecular formula is C14H21ClN4O3Si. The molecule has 0 aliphatic heterocycles. The molecule has 0 spiro atoms. The molecule has 0 fully saturated rings. The lowest BCUT2D eigenvalue weighted by Gasteiger charge is -2.15. The zero-order valence-corrected chi connectivity index (χ0v) is 15.5. The number of anilines is 1. The molecule has 0 bridgehead atoms. The van der Waals surface area contributed by atoms with Gasteiger partial charge in [-0.05, 0) is 12.1 Å². The third kappa shape index (κ3) is 4.21. The summed E-state index contributed by atoms with van der Waals surface area (Å²) in [6, 6.07) is 2.48. The van der Waals surface area contributed by atoms with Crippen LogP contribution in [0.5, 0.6) is 0 Å². The molecule has 2 rings (SSSR count). The number of nitrogen functional groups attached to an aromatic ring is 1. The maximum Gasteiger partial charge on any atom is 0.340 e. The van der Waals surface area contributed by atoms with Crippen molar-refractivity contribution < 1.29 is 14.3 Å². The van der Waals surface area contributed by atoms with Gasteiger partial charge in [-0.1, -0.05) is 31.2 Å². The molecule has 9 heteroatoms. The summed E-state index contributed by atoms with van der Waals surface area (Å²) in [7, 11) is 0.133. The van der Waals surface area contributed by atoms with Gasteiger partial charge < -0.3 is 15.2 Å². The molecule has 2 aromatic rings. The van der Waals surface area contributed by atoms with Gasteiger partial charge in [0.2, 0.25) is 0 Å². The number of fused-ring (bicyclic) bond motifs is 1. The monoisotopic (exact) mass is 356 g/mol. The highest BCUT2D eigenvalue weighted by molar-refractivity contribution is 6.76. The zero-order chi connectivity index (χ0) is 17.2. The van der Waals surface area contributed by atoms with E-state index < -0.39 is 14.0 Å². The highest BCUT2D eigenvalue weighted by Crippen LogP contribution is 2.26. The number of carbonyl (C=O) groups is 1. The number of nitrogens with zero attached hydrogens (tertiary/aromatic N) is 3. The third-order valence-corrected chi connectivity index (χ3v) is 5.20. The van der Waals surface area contributed by atoms with Gasteiger partial charge in [-0.15, -0.1) is 0 Å². The molecule has 2 aromatic heterocycles. The van der Waals surface area contributed by atoms with E-state index in [0.29, 0.717) is 17.6 Å². The Hall–Kier alpha value is -1.64. The Morgan fingerprint density at radius 1 is 1.43 bits per heavy atom. The molecule has 2 N–H and O–H groups in total. The van der Waals surface area contributed by atoms with E-state index in [9.17, 15) is 4.79 Å². The molecule has 23 heavy (non-hydrogen) atoms. The van der Waals surface area contributed by atoms with E-state index in [1.807, 2.05) is 0 Å². The summed E-state index contributed by atoms with van der Waals surface area (Å²) < 4.78 is 12.0. The van der Waals surface area contributed by atoms with Crippen LogP contribution in [0.4, 0.5) is 5.82 Å². The number of carbonyl (C=O) groups excluding carboxylic acids is 1. The molecule has 0 atom stereocenters. The lowest BCUT2D eigenvalue weighted by Crippen LogP contribution is -2.22. The summed E-state index contributed by atoms with van der Waals surface area (Å²) in [5.74, 6) is -0.330. The van der Waals surface area contributed by atoms with Crippen molar-refractivity contribution in [2.75, 3.05) is 19.5 Å². The number of esters is 1. The fraction of sp³-hybridized carbons (Fsp3) is 0.500. The van der Waals surface area contributed by atoms with Crippen LogP contribution in [0, 0.1) is 0 Å². The molecular weight excluding hydrogens is 336 g/mol. The van der Waals surface area contributed by atoms with Crippen LogP contribution in [0.3, 0.4) is 0 Å². The number of halogens is 1. The fourth-order valence-corrected chi connectivity index (χ4v) is 3.01. The average molecular weight is 357 g/mol. The van der Waals surface area contributed by atoms with E-state index in [-0.39, 0.29) is 23.3 Å². The zero-order valence-electron chi connectivity index (χ0n) is 13.7. The first-order chi connectivity index (χ1) is 10.7. The number of rotatable bonds is 6. The van der Waals surface area contributed by atoms with Crippen LogP contribution in [0.25, 0.3) is 11.0 Å². The standard InChI is InChI=1S/C14H21ClN4O3Si/c1-21-14(20)9-7-10(15)17-11-12(9)19(18-13(11)16)8-22-5-6-23(2,3)4/h7H,5-6,8H2,1-4H3,(H2,16,18). The molecule has 0 saturated heterocycles. The van der Waals surface area contributed by atoms with Gasteiger partial charge in [0.25, 0.3) is 0 Å². The van der Waals surface area contributed by atoms with E-state index in [1.165, 1.54) is 17.9 Å². The Morgan fingerprint density at radius 3 is 2.74 bits per heavy atom. The van der Waals surface area contributed by atoms with Crippen LogP contribution in [-0.4, -0.2) is 42.5 Å². The van der Waals surface area contributed by atoms with Gasteiger partial charge in [0, 0.05) is 14.7 Å². The molecule has 0 aliphatic carbocycles. The Bertz CT molecular complexity index is 727. The second-order valence-corrected chi connectivity index (χ2v) is 12.4. The molecule has 126 valence electrons. The predicted molar refractivity (Wildman–Crippen MR) is 92.4 cm³/mol. The summed E-state index contributed by atoms with van der Waals surface area (Å²) in [5, 5.41) is 4.35. The summed E-state index contributed by atoms with van der Waals surface area (Å²) in [6.45, 7) is 7.65. The summed E-state index contributed by atoms with van der Waals surface area (Å²) >= 11 is 5.94. The summed E-state index contributed by atoms with van der Waals surface area (Å²) in [6.07, 6.45) is 0. The van der Waals surface area contributed by atoms with Crippen molar-refractivity contribution in [3.05, 3.63) is 16.8 Å². The average Bonchev–Trinajstić information content (AvgIpc) is 2.77. The first-order valence-electron chi connectivity index (χ1n) is 7.21. The Balaban J connectivity index is 2.31. The second kappa shape index (κ2) is 6.86. The minimum absolute atomic E-state index is 0.156. The van der Waals surface area contributed by atoms with Gasteiger partial charge in [-0.3, -0.25) is 0 Å². The van der Waals surface area contributed by atoms with Crippen LogP contribution in [-0.2, 0) is 16.2 Å². The largest absolute Gasteiger partial charge is 0.465 e. The van der Waals surface area contributed by atoms with Crippen molar-refractivity contribution in [2.45, 2.75) is 32.4 Å². The molecule has 0 radical (unpaired) electrons.